The second-order valence-electron chi connectivity index (χ2n) is 7.57. The Hall–Kier alpha value is -2.59. The van der Waals surface area contributed by atoms with Crippen molar-refractivity contribution in [3.8, 4) is 11.3 Å². The average Bonchev–Trinajstić information content (AvgIpc) is 3.04. The number of nitrogens with one attached hydrogen (secondary N) is 2. The molecule has 0 fully saturated rings. The highest BCUT2D eigenvalue weighted by Crippen LogP contribution is 2.31. The van der Waals surface area contributed by atoms with Crippen LogP contribution in [0.25, 0.3) is 11.3 Å². The highest BCUT2D eigenvalue weighted by molar-refractivity contribution is 6.30. The van der Waals surface area contributed by atoms with Gasteiger partial charge < -0.3 is 5.32 Å². The summed E-state index contributed by atoms with van der Waals surface area (Å²) in [7, 11) is 0. The maximum atomic E-state index is 12.7. The van der Waals surface area contributed by atoms with Gasteiger partial charge in [0.2, 0.25) is 0 Å². The predicted octanol–water partition coefficient (Wildman–Crippen LogP) is 5.84. The maximum absolute atomic E-state index is 12.7. The highest BCUT2D eigenvalue weighted by Gasteiger charge is 2.19. The number of hydrogen-bond donors (Lipinski definition) is 2. The van der Waals surface area contributed by atoms with Gasteiger partial charge in [-0.2, -0.15) is 5.10 Å². The molecule has 0 atom stereocenters. The predicted molar refractivity (Wildman–Crippen MR) is 112 cm³/mol. The standard InChI is InChI=1S/C22H24ClN3O/c1-5-18-20(24-21(27)15-8-12-17(23)13-9-15)19(26-25-18)14-6-10-16(11-7-14)22(2,3)4/h6-13H,5H2,1-4H3,(H,24,27)(H,25,26). The van der Waals surface area contributed by atoms with E-state index in [9.17, 15) is 4.79 Å². The lowest BCUT2D eigenvalue weighted by Gasteiger charge is -2.19. The van der Waals surface area contributed by atoms with E-state index in [4.69, 9.17) is 11.6 Å². The number of hydrogen-bond acceptors (Lipinski definition) is 2. The number of halogens is 1. The molecule has 5 heteroatoms. The summed E-state index contributed by atoms with van der Waals surface area (Å²) in [6.07, 6.45) is 0.739. The van der Waals surface area contributed by atoms with Crippen LogP contribution in [0.4, 0.5) is 5.69 Å². The fraction of sp³-hybridized carbons (Fsp3) is 0.273. The molecule has 0 saturated heterocycles. The topological polar surface area (TPSA) is 57.8 Å². The molecule has 140 valence electrons. The van der Waals surface area contributed by atoms with E-state index in [1.54, 1.807) is 24.3 Å². The van der Waals surface area contributed by atoms with Crippen LogP contribution in [0.2, 0.25) is 5.02 Å². The zero-order valence-corrected chi connectivity index (χ0v) is 16.8. The van der Waals surface area contributed by atoms with E-state index >= 15 is 0 Å². The van der Waals surface area contributed by atoms with Crippen molar-refractivity contribution in [2.24, 2.45) is 0 Å². The number of benzene rings is 2. The van der Waals surface area contributed by atoms with Gasteiger partial charge in [0, 0.05) is 16.1 Å². The summed E-state index contributed by atoms with van der Waals surface area (Å²) in [6.45, 7) is 8.58. The van der Waals surface area contributed by atoms with Crippen molar-refractivity contribution in [3.05, 3.63) is 70.4 Å². The van der Waals surface area contributed by atoms with E-state index in [0.717, 1.165) is 29.1 Å². The van der Waals surface area contributed by atoms with Crippen LogP contribution in [0.1, 0.15) is 49.3 Å². The van der Waals surface area contributed by atoms with Gasteiger partial charge in [0.05, 0.1) is 11.4 Å². The number of amides is 1. The molecule has 0 unspecified atom stereocenters. The molecule has 2 aromatic carbocycles. The van der Waals surface area contributed by atoms with Gasteiger partial charge in [-0.15, -0.1) is 0 Å². The third-order valence-electron chi connectivity index (χ3n) is 4.56. The van der Waals surface area contributed by atoms with Crippen LogP contribution in [0.5, 0.6) is 0 Å². The van der Waals surface area contributed by atoms with Crippen LogP contribution in [0.15, 0.2) is 48.5 Å². The first kappa shape index (κ1) is 19.2. The normalized spacial score (nSPS) is 11.4. The molecule has 1 amide bonds. The third-order valence-corrected chi connectivity index (χ3v) is 4.82. The van der Waals surface area contributed by atoms with Crippen LogP contribution in [-0.4, -0.2) is 16.1 Å². The molecule has 0 bridgehead atoms. The molecule has 0 aliphatic rings. The van der Waals surface area contributed by atoms with Gasteiger partial charge in [-0.25, -0.2) is 0 Å². The molecule has 3 aromatic rings. The summed E-state index contributed by atoms with van der Waals surface area (Å²) in [5.74, 6) is -0.185. The monoisotopic (exact) mass is 381 g/mol. The van der Waals surface area contributed by atoms with Crippen molar-refractivity contribution in [3.63, 3.8) is 0 Å². The van der Waals surface area contributed by atoms with Crippen LogP contribution in [0.3, 0.4) is 0 Å². The Kier molecular flexibility index (Phi) is 5.38. The molecular weight excluding hydrogens is 358 g/mol. The Labute approximate surface area is 165 Å². The van der Waals surface area contributed by atoms with Gasteiger partial charge >= 0.3 is 0 Å². The van der Waals surface area contributed by atoms with Gasteiger partial charge in [-0.1, -0.05) is 63.6 Å². The molecular formula is C22H24ClN3O. The van der Waals surface area contributed by atoms with Gasteiger partial charge in [0.1, 0.15) is 5.69 Å². The number of carbonyl (C=O) groups is 1. The molecule has 0 aliphatic heterocycles. The summed E-state index contributed by atoms with van der Waals surface area (Å²) < 4.78 is 0. The molecule has 2 N–H and O–H groups in total. The SMILES string of the molecule is CCc1[nH]nc(-c2ccc(C(C)(C)C)cc2)c1NC(=O)c1ccc(Cl)cc1. The average molecular weight is 382 g/mol. The van der Waals surface area contributed by atoms with Crippen molar-refractivity contribution in [2.75, 3.05) is 5.32 Å². The minimum atomic E-state index is -0.185. The van der Waals surface area contributed by atoms with Crippen molar-refractivity contribution < 1.29 is 4.79 Å². The van der Waals surface area contributed by atoms with E-state index in [1.807, 2.05) is 19.1 Å². The quantitative estimate of drug-likeness (QED) is 0.596. The number of carbonyl (C=O) groups excluding carboxylic acids is 1. The number of aromatic amines is 1. The fourth-order valence-corrected chi connectivity index (χ4v) is 3.02. The molecule has 1 aromatic heterocycles. The Bertz CT molecular complexity index is 935. The van der Waals surface area contributed by atoms with Crippen molar-refractivity contribution >= 4 is 23.2 Å². The first-order chi connectivity index (χ1) is 12.8. The Morgan fingerprint density at radius 3 is 2.26 bits per heavy atom. The van der Waals surface area contributed by atoms with Crippen LogP contribution >= 0.6 is 11.6 Å². The second-order valence-corrected chi connectivity index (χ2v) is 8.00. The summed E-state index contributed by atoms with van der Waals surface area (Å²) in [4.78, 5) is 12.7. The fourth-order valence-electron chi connectivity index (χ4n) is 2.89. The molecule has 1 heterocycles. The number of anilines is 1. The second kappa shape index (κ2) is 7.57. The van der Waals surface area contributed by atoms with Gasteiger partial charge in [0.25, 0.3) is 5.91 Å². The number of aromatic nitrogens is 2. The van der Waals surface area contributed by atoms with Gasteiger partial charge in [-0.05, 0) is 41.7 Å². The molecule has 27 heavy (non-hydrogen) atoms. The summed E-state index contributed by atoms with van der Waals surface area (Å²) >= 11 is 5.91. The molecule has 3 rings (SSSR count). The molecule has 0 saturated carbocycles. The molecule has 0 spiro atoms. The van der Waals surface area contributed by atoms with E-state index in [1.165, 1.54) is 5.56 Å². The first-order valence-corrected chi connectivity index (χ1v) is 9.42. The lowest BCUT2D eigenvalue weighted by atomic mass is 9.86. The number of nitrogens with zero attached hydrogens (tertiary/aromatic N) is 1. The van der Waals surface area contributed by atoms with Gasteiger partial charge in [-0.3, -0.25) is 9.89 Å². The largest absolute Gasteiger partial charge is 0.319 e. The summed E-state index contributed by atoms with van der Waals surface area (Å²) in [5, 5.41) is 11.1. The van der Waals surface area contributed by atoms with Crippen LogP contribution in [-0.2, 0) is 11.8 Å². The third kappa shape index (κ3) is 4.22. The lowest BCUT2D eigenvalue weighted by Crippen LogP contribution is -2.13. The molecule has 0 aliphatic carbocycles. The lowest BCUT2D eigenvalue weighted by molar-refractivity contribution is 0.102. The smallest absolute Gasteiger partial charge is 0.255 e. The van der Waals surface area contributed by atoms with Crippen molar-refractivity contribution in [2.45, 2.75) is 39.5 Å². The summed E-state index contributed by atoms with van der Waals surface area (Å²) in [6, 6.07) is 15.2. The van der Waals surface area contributed by atoms with Gasteiger partial charge in [0.15, 0.2) is 0 Å². The summed E-state index contributed by atoms with van der Waals surface area (Å²) in [5.41, 5.74) is 5.22. The van der Waals surface area contributed by atoms with Crippen molar-refractivity contribution in [1.29, 1.82) is 0 Å². The number of aryl methyl sites for hydroxylation is 1. The van der Waals surface area contributed by atoms with Crippen LogP contribution in [0, 0.1) is 0 Å². The minimum absolute atomic E-state index is 0.0876. The zero-order valence-electron chi connectivity index (χ0n) is 16.1. The van der Waals surface area contributed by atoms with Crippen molar-refractivity contribution in [1.82, 2.24) is 10.2 Å². The molecule has 4 nitrogen and oxygen atoms in total. The number of rotatable bonds is 4. The van der Waals surface area contributed by atoms with E-state index < -0.39 is 0 Å². The first-order valence-electron chi connectivity index (χ1n) is 9.04. The number of H-pyrrole nitrogens is 1. The van der Waals surface area contributed by atoms with E-state index in [-0.39, 0.29) is 11.3 Å². The highest BCUT2D eigenvalue weighted by atomic mass is 35.5. The molecule has 0 radical (unpaired) electrons. The van der Waals surface area contributed by atoms with E-state index in [0.29, 0.717) is 10.6 Å². The zero-order chi connectivity index (χ0) is 19.6. The Balaban J connectivity index is 1.93. The van der Waals surface area contributed by atoms with Crippen LogP contribution < -0.4 is 5.32 Å². The Morgan fingerprint density at radius 1 is 1.07 bits per heavy atom. The Morgan fingerprint density at radius 2 is 1.70 bits per heavy atom. The minimum Gasteiger partial charge on any atom is -0.319 e. The maximum Gasteiger partial charge on any atom is 0.255 e. The van der Waals surface area contributed by atoms with E-state index in [2.05, 4.69) is 48.4 Å².